The van der Waals surface area contributed by atoms with E-state index in [-0.39, 0.29) is 18.7 Å². The molecule has 0 aliphatic heterocycles. The zero-order chi connectivity index (χ0) is 19.9. The summed E-state index contributed by atoms with van der Waals surface area (Å²) in [6, 6.07) is 1.61. The fraction of sp³-hybridized carbons (Fsp3) is 0.250. The number of hydrogen-bond acceptors (Lipinski definition) is 6. The summed E-state index contributed by atoms with van der Waals surface area (Å²) < 4.78 is 0. The molecule has 0 radical (unpaired) electrons. The average Bonchev–Trinajstić information content (AvgIpc) is 2.60. The van der Waals surface area contributed by atoms with Gasteiger partial charge in [0.1, 0.15) is 6.04 Å². The highest BCUT2D eigenvalue weighted by Crippen LogP contribution is 2.22. The number of non-ortho nitro benzene ring substituents is 2. The normalized spacial score (nSPS) is 11.1. The number of nitro groups is 2. The Kier molecular flexibility index (Phi) is 7.14. The first-order chi connectivity index (χ1) is 12.2. The third-order valence-corrected chi connectivity index (χ3v) is 3.32. The molecule has 1 atom stereocenters. The van der Waals surface area contributed by atoms with E-state index in [1.165, 1.54) is 24.0 Å². The fourth-order valence-electron chi connectivity index (χ4n) is 2.12. The Morgan fingerprint density at radius 2 is 1.58 bits per heavy atom. The van der Waals surface area contributed by atoms with Gasteiger partial charge in [0, 0.05) is 25.2 Å². The third-order valence-electron chi connectivity index (χ3n) is 3.32. The Balaban J connectivity index is 3.03. The van der Waals surface area contributed by atoms with Crippen molar-refractivity contribution in [1.29, 1.82) is 0 Å². The van der Waals surface area contributed by atoms with Crippen LogP contribution in [-0.4, -0.2) is 45.7 Å². The molecule has 0 spiro atoms. The van der Waals surface area contributed by atoms with Crippen molar-refractivity contribution in [2.45, 2.75) is 13.0 Å². The van der Waals surface area contributed by atoms with Gasteiger partial charge >= 0.3 is 0 Å². The summed E-state index contributed by atoms with van der Waals surface area (Å²) in [6.07, 6.45) is 3.03. The van der Waals surface area contributed by atoms with Gasteiger partial charge in [-0.2, -0.15) is 0 Å². The molecular weight excluding hydrogens is 344 g/mol. The molecule has 0 aliphatic rings. The lowest BCUT2D eigenvalue weighted by Crippen LogP contribution is -2.47. The van der Waals surface area contributed by atoms with E-state index in [0.717, 1.165) is 18.2 Å². The molecule has 1 aromatic rings. The molecule has 0 saturated carbocycles. The van der Waals surface area contributed by atoms with Gasteiger partial charge in [0.25, 0.3) is 17.3 Å². The lowest BCUT2D eigenvalue weighted by atomic mass is 10.1. The SMILES string of the molecule is C=CCN(CC=C)C(=O)C(C)NC(=O)c1cc([N+](=O)[O-])cc([N+](=O)[O-])c1. The van der Waals surface area contributed by atoms with Gasteiger partial charge in [-0.15, -0.1) is 13.2 Å². The van der Waals surface area contributed by atoms with Crippen molar-refractivity contribution in [2.75, 3.05) is 13.1 Å². The number of nitro benzene ring substituents is 2. The van der Waals surface area contributed by atoms with E-state index in [0.29, 0.717) is 0 Å². The van der Waals surface area contributed by atoms with Crippen LogP contribution in [0.3, 0.4) is 0 Å². The first-order valence-electron chi connectivity index (χ1n) is 7.46. The Labute approximate surface area is 149 Å². The second-order valence-corrected chi connectivity index (χ2v) is 5.27. The smallest absolute Gasteiger partial charge is 0.277 e. The summed E-state index contributed by atoms with van der Waals surface area (Å²) in [5, 5.41) is 24.2. The fourth-order valence-corrected chi connectivity index (χ4v) is 2.12. The van der Waals surface area contributed by atoms with Crippen LogP contribution in [0, 0.1) is 20.2 Å². The van der Waals surface area contributed by atoms with Crippen LogP contribution in [0.2, 0.25) is 0 Å². The van der Waals surface area contributed by atoms with E-state index in [1.54, 1.807) is 0 Å². The van der Waals surface area contributed by atoms with Gasteiger partial charge in [-0.3, -0.25) is 29.8 Å². The van der Waals surface area contributed by atoms with Crippen molar-refractivity contribution < 1.29 is 19.4 Å². The van der Waals surface area contributed by atoms with Crippen molar-refractivity contribution in [3.05, 3.63) is 69.3 Å². The van der Waals surface area contributed by atoms with Crippen LogP contribution >= 0.6 is 0 Å². The molecular formula is C16H18N4O6. The van der Waals surface area contributed by atoms with E-state index < -0.39 is 39.1 Å². The molecule has 1 rings (SSSR count). The molecule has 10 heteroatoms. The summed E-state index contributed by atoms with van der Waals surface area (Å²) in [4.78, 5) is 46.1. The van der Waals surface area contributed by atoms with Crippen molar-refractivity contribution in [3.8, 4) is 0 Å². The quantitative estimate of drug-likeness (QED) is 0.404. The minimum absolute atomic E-state index is 0.243. The van der Waals surface area contributed by atoms with Crippen LogP contribution in [-0.2, 0) is 4.79 Å². The number of benzene rings is 1. The molecule has 2 amide bonds. The van der Waals surface area contributed by atoms with Crippen LogP contribution in [0.5, 0.6) is 0 Å². The molecule has 1 aromatic carbocycles. The summed E-state index contributed by atoms with van der Waals surface area (Å²) in [5.74, 6) is -1.26. The first kappa shape index (κ1) is 20.5. The summed E-state index contributed by atoms with van der Waals surface area (Å²) >= 11 is 0. The lowest BCUT2D eigenvalue weighted by molar-refractivity contribution is -0.394. The Hall–Kier alpha value is -3.56. The van der Waals surface area contributed by atoms with Crippen molar-refractivity contribution in [2.24, 2.45) is 0 Å². The van der Waals surface area contributed by atoms with Crippen LogP contribution in [0.25, 0.3) is 0 Å². The topological polar surface area (TPSA) is 136 Å². The molecule has 0 fully saturated rings. The standard InChI is InChI=1S/C16H18N4O6/c1-4-6-18(7-5-2)16(22)11(3)17-15(21)12-8-13(19(23)24)10-14(9-12)20(25)26/h4-5,8-11H,1-2,6-7H2,3H3,(H,17,21). The van der Waals surface area contributed by atoms with E-state index in [2.05, 4.69) is 18.5 Å². The molecule has 0 aromatic heterocycles. The number of amides is 2. The maximum Gasteiger partial charge on any atom is 0.277 e. The zero-order valence-corrected chi connectivity index (χ0v) is 14.1. The molecule has 0 heterocycles. The van der Waals surface area contributed by atoms with Gasteiger partial charge < -0.3 is 10.2 Å². The van der Waals surface area contributed by atoms with Crippen molar-refractivity contribution in [1.82, 2.24) is 10.2 Å². The van der Waals surface area contributed by atoms with E-state index >= 15 is 0 Å². The minimum atomic E-state index is -0.958. The summed E-state index contributed by atoms with van der Waals surface area (Å²) in [7, 11) is 0. The molecule has 138 valence electrons. The maximum atomic E-state index is 12.3. The number of carbonyl (C=O) groups excluding carboxylic acids is 2. The van der Waals surface area contributed by atoms with Gasteiger partial charge in [0.15, 0.2) is 0 Å². The van der Waals surface area contributed by atoms with Gasteiger partial charge in [-0.1, -0.05) is 12.2 Å². The molecule has 0 saturated heterocycles. The first-order valence-corrected chi connectivity index (χ1v) is 7.46. The minimum Gasteiger partial charge on any atom is -0.341 e. The van der Waals surface area contributed by atoms with Crippen LogP contribution in [0.1, 0.15) is 17.3 Å². The second kappa shape index (κ2) is 9.06. The number of hydrogen-bond donors (Lipinski definition) is 1. The van der Waals surface area contributed by atoms with Gasteiger partial charge in [0.2, 0.25) is 5.91 Å². The Bertz CT molecular complexity index is 719. The maximum absolute atomic E-state index is 12.3. The predicted molar refractivity (Wildman–Crippen MR) is 93.7 cm³/mol. The van der Waals surface area contributed by atoms with Gasteiger partial charge in [-0.05, 0) is 6.92 Å². The number of rotatable bonds is 9. The second-order valence-electron chi connectivity index (χ2n) is 5.27. The van der Waals surface area contributed by atoms with E-state index in [9.17, 15) is 29.8 Å². The molecule has 26 heavy (non-hydrogen) atoms. The molecule has 1 unspecified atom stereocenters. The number of nitrogens with one attached hydrogen (secondary N) is 1. The highest BCUT2D eigenvalue weighted by molar-refractivity contribution is 5.98. The average molecular weight is 362 g/mol. The van der Waals surface area contributed by atoms with Gasteiger partial charge in [0.05, 0.1) is 21.5 Å². The van der Waals surface area contributed by atoms with Crippen LogP contribution in [0.15, 0.2) is 43.5 Å². The number of nitrogens with zero attached hydrogens (tertiary/aromatic N) is 3. The van der Waals surface area contributed by atoms with Crippen LogP contribution < -0.4 is 5.32 Å². The summed E-state index contributed by atoms with van der Waals surface area (Å²) in [6.45, 7) is 9.01. The summed E-state index contributed by atoms with van der Waals surface area (Å²) in [5.41, 5.74) is -1.48. The zero-order valence-electron chi connectivity index (χ0n) is 14.1. The highest BCUT2D eigenvalue weighted by Gasteiger charge is 2.24. The lowest BCUT2D eigenvalue weighted by Gasteiger charge is -2.23. The largest absolute Gasteiger partial charge is 0.341 e. The van der Waals surface area contributed by atoms with E-state index in [4.69, 9.17) is 0 Å². The number of carbonyl (C=O) groups is 2. The Morgan fingerprint density at radius 3 is 1.96 bits per heavy atom. The highest BCUT2D eigenvalue weighted by atomic mass is 16.6. The van der Waals surface area contributed by atoms with Crippen molar-refractivity contribution in [3.63, 3.8) is 0 Å². The predicted octanol–water partition coefficient (Wildman–Crippen LogP) is 1.82. The molecule has 1 N–H and O–H groups in total. The molecule has 0 bridgehead atoms. The molecule has 10 nitrogen and oxygen atoms in total. The molecule has 0 aliphatic carbocycles. The monoisotopic (exact) mass is 362 g/mol. The van der Waals surface area contributed by atoms with Crippen LogP contribution in [0.4, 0.5) is 11.4 Å². The Morgan fingerprint density at radius 1 is 1.12 bits per heavy atom. The van der Waals surface area contributed by atoms with Gasteiger partial charge in [-0.25, -0.2) is 0 Å². The third kappa shape index (κ3) is 5.23. The van der Waals surface area contributed by atoms with Crippen molar-refractivity contribution >= 4 is 23.2 Å². The van der Waals surface area contributed by atoms with E-state index in [1.807, 2.05) is 0 Å².